The molecule has 2 aromatic carbocycles. The number of aromatic nitrogens is 1. The van der Waals surface area contributed by atoms with E-state index in [4.69, 9.17) is 19.6 Å². The average molecular weight is 438 g/mol. The zero-order valence-electron chi connectivity index (χ0n) is 18.0. The minimum atomic E-state index is -0.591. The van der Waals surface area contributed by atoms with Gasteiger partial charge in [-0.1, -0.05) is 6.92 Å². The fraction of sp³-hybridized carbons (Fsp3) is 0.261. The second kappa shape index (κ2) is 10.9. The highest BCUT2D eigenvalue weighted by Gasteiger charge is 2.17. The predicted octanol–water partition coefficient (Wildman–Crippen LogP) is 3.09. The second-order valence-electron chi connectivity index (χ2n) is 6.81. The van der Waals surface area contributed by atoms with Crippen LogP contribution in [-0.2, 0) is 11.3 Å². The number of benzene rings is 2. The van der Waals surface area contributed by atoms with E-state index in [9.17, 15) is 9.59 Å². The first-order valence-corrected chi connectivity index (χ1v) is 10.2. The van der Waals surface area contributed by atoms with Gasteiger partial charge in [-0.2, -0.15) is 0 Å². The zero-order chi connectivity index (χ0) is 22.9. The lowest BCUT2D eigenvalue weighted by atomic mass is 10.1. The van der Waals surface area contributed by atoms with Crippen molar-refractivity contribution in [2.24, 2.45) is 5.73 Å². The number of nitrogens with one attached hydrogen (secondary N) is 2. The van der Waals surface area contributed by atoms with Crippen LogP contribution in [0.5, 0.6) is 11.5 Å². The molecule has 3 aromatic rings. The van der Waals surface area contributed by atoms with Crippen LogP contribution in [-0.4, -0.2) is 37.2 Å². The lowest BCUT2D eigenvalue weighted by Crippen LogP contribution is -2.32. The summed E-state index contributed by atoms with van der Waals surface area (Å²) in [5, 5.41) is 5.25. The number of hydrogen-bond donors (Lipinski definition) is 3. The number of carbonyl (C=O) groups is 2. The molecule has 32 heavy (non-hydrogen) atoms. The summed E-state index contributed by atoms with van der Waals surface area (Å²) in [6.07, 6.45) is 0.384. The number of nitrogens with two attached hydrogens (primary N) is 1. The van der Waals surface area contributed by atoms with E-state index in [1.54, 1.807) is 26.2 Å². The molecule has 3 amide bonds. The Hall–Kier alpha value is -4.01. The molecule has 1 heterocycles. The largest absolute Gasteiger partial charge is 0.497 e. The Balaban J connectivity index is 1.83. The lowest BCUT2D eigenvalue weighted by Gasteiger charge is -2.07. The maximum atomic E-state index is 11.6. The molecule has 0 radical (unpaired) electrons. The molecule has 168 valence electrons. The maximum absolute atomic E-state index is 11.6. The first-order chi connectivity index (χ1) is 15.5. The molecule has 0 atom stereocenters. The number of carbonyl (C=O) groups excluding carboxylic acids is 2. The normalized spacial score (nSPS) is 10.4. The minimum absolute atomic E-state index is 0.0805. The monoisotopic (exact) mass is 438 g/mol. The van der Waals surface area contributed by atoms with E-state index in [1.807, 2.05) is 36.4 Å². The Bertz CT molecular complexity index is 1050. The predicted molar refractivity (Wildman–Crippen MR) is 119 cm³/mol. The summed E-state index contributed by atoms with van der Waals surface area (Å²) in [4.78, 5) is 27.0. The van der Waals surface area contributed by atoms with E-state index in [0.717, 1.165) is 16.9 Å². The molecule has 0 saturated carbocycles. The van der Waals surface area contributed by atoms with Gasteiger partial charge in [0.15, 0.2) is 5.76 Å². The number of oxazole rings is 1. The third-order valence-electron chi connectivity index (χ3n) is 4.58. The van der Waals surface area contributed by atoms with E-state index < -0.39 is 6.03 Å². The number of methoxy groups -OCH3 is 1. The van der Waals surface area contributed by atoms with Crippen LogP contribution < -0.4 is 25.8 Å². The van der Waals surface area contributed by atoms with Crippen molar-refractivity contribution in [2.45, 2.75) is 19.9 Å². The van der Waals surface area contributed by atoms with Gasteiger partial charge in [-0.15, -0.1) is 0 Å². The summed E-state index contributed by atoms with van der Waals surface area (Å²) in [5.41, 5.74) is 7.35. The van der Waals surface area contributed by atoms with Crippen molar-refractivity contribution in [3.63, 3.8) is 0 Å². The van der Waals surface area contributed by atoms with Crippen LogP contribution in [0.15, 0.2) is 52.9 Å². The molecular formula is C23H26N4O5. The molecule has 0 aliphatic rings. The molecular weight excluding hydrogens is 412 g/mol. The standard InChI is InChI=1S/C23H26N4O5/c1-3-19(28)26-14-20-27-21(15-4-8-17(30-2)9-5-15)22(32-20)16-6-10-18(11-7-16)31-13-12-25-23(24)29/h4-11H,3,12-14H2,1-2H3,(H,26,28)(H3,24,25,29). The molecule has 3 rings (SSSR count). The number of urea groups is 1. The van der Waals surface area contributed by atoms with Gasteiger partial charge < -0.3 is 30.3 Å². The number of amides is 3. The van der Waals surface area contributed by atoms with E-state index in [2.05, 4.69) is 15.6 Å². The summed E-state index contributed by atoms with van der Waals surface area (Å²) in [6.45, 7) is 2.59. The molecule has 0 spiro atoms. The fourth-order valence-electron chi connectivity index (χ4n) is 2.93. The second-order valence-corrected chi connectivity index (χ2v) is 6.81. The Morgan fingerprint density at radius 3 is 2.28 bits per heavy atom. The van der Waals surface area contributed by atoms with Gasteiger partial charge in [0.1, 0.15) is 23.8 Å². The van der Waals surface area contributed by atoms with Gasteiger partial charge in [0.2, 0.25) is 11.8 Å². The van der Waals surface area contributed by atoms with Crippen LogP contribution in [0.3, 0.4) is 0 Å². The van der Waals surface area contributed by atoms with Crippen LogP contribution in [0.25, 0.3) is 22.6 Å². The third-order valence-corrected chi connectivity index (χ3v) is 4.58. The molecule has 1 aromatic heterocycles. The van der Waals surface area contributed by atoms with E-state index in [1.165, 1.54) is 0 Å². The highest BCUT2D eigenvalue weighted by molar-refractivity contribution is 5.78. The van der Waals surface area contributed by atoms with Crippen LogP contribution in [0.1, 0.15) is 19.2 Å². The van der Waals surface area contributed by atoms with Crippen LogP contribution in [0.2, 0.25) is 0 Å². The van der Waals surface area contributed by atoms with Crippen LogP contribution >= 0.6 is 0 Å². The number of ether oxygens (including phenoxy) is 2. The average Bonchev–Trinajstić information content (AvgIpc) is 3.25. The molecule has 0 bridgehead atoms. The Morgan fingerprint density at radius 1 is 1.00 bits per heavy atom. The Labute approximate surface area is 185 Å². The smallest absolute Gasteiger partial charge is 0.312 e. The minimum Gasteiger partial charge on any atom is -0.497 e. The van der Waals surface area contributed by atoms with Gasteiger partial charge in [-0.25, -0.2) is 9.78 Å². The van der Waals surface area contributed by atoms with E-state index >= 15 is 0 Å². The van der Waals surface area contributed by atoms with Crippen molar-refractivity contribution in [2.75, 3.05) is 20.3 Å². The van der Waals surface area contributed by atoms with Gasteiger partial charge in [-0.3, -0.25) is 4.79 Å². The zero-order valence-corrected chi connectivity index (χ0v) is 18.0. The molecule has 0 unspecified atom stereocenters. The van der Waals surface area contributed by atoms with E-state index in [-0.39, 0.29) is 12.5 Å². The van der Waals surface area contributed by atoms with Gasteiger partial charge >= 0.3 is 6.03 Å². The molecule has 0 saturated heterocycles. The molecule has 9 nitrogen and oxygen atoms in total. The Kier molecular flexibility index (Phi) is 7.69. The number of nitrogens with zero attached hydrogens (tertiary/aromatic N) is 1. The van der Waals surface area contributed by atoms with Crippen molar-refractivity contribution in [3.05, 3.63) is 54.4 Å². The van der Waals surface area contributed by atoms with Crippen LogP contribution in [0, 0.1) is 0 Å². The van der Waals surface area contributed by atoms with Crippen molar-refractivity contribution < 1.29 is 23.5 Å². The summed E-state index contributed by atoms with van der Waals surface area (Å²) in [6, 6.07) is 14.2. The molecule has 4 N–H and O–H groups in total. The third kappa shape index (κ3) is 6.00. The highest BCUT2D eigenvalue weighted by atomic mass is 16.5. The SMILES string of the molecule is CCC(=O)NCc1nc(-c2ccc(OC)cc2)c(-c2ccc(OCCNC(N)=O)cc2)o1. The fourth-order valence-corrected chi connectivity index (χ4v) is 2.93. The summed E-state index contributed by atoms with van der Waals surface area (Å²) >= 11 is 0. The maximum Gasteiger partial charge on any atom is 0.312 e. The van der Waals surface area contributed by atoms with Gasteiger partial charge in [0.05, 0.1) is 20.2 Å². The highest BCUT2D eigenvalue weighted by Crippen LogP contribution is 2.34. The number of primary amides is 1. The van der Waals surface area contributed by atoms with Crippen molar-refractivity contribution in [1.29, 1.82) is 0 Å². The van der Waals surface area contributed by atoms with Crippen molar-refractivity contribution in [1.82, 2.24) is 15.6 Å². The summed E-state index contributed by atoms with van der Waals surface area (Å²) < 4.78 is 16.8. The van der Waals surface area contributed by atoms with Gasteiger partial charge in [0, 0.05) is 17.5 Å². The van der Waals surface area contributed by atoms with E-state index in [0.29, 0.717) is 42.7 Å². The molecule has 0 fully saturated rings. The molecule has 0 aliphatic heterocycles. The molecule has 0 aliphatic carbocycles. The first kappa shape index (κ1) is 22.7. The lowest BCUT2D eigenvalue weighted by molar-refractivity contribution is -0.121. The summed E-state index contributed by atoms with van der Waals surface area (Å²) in [5.74, 6) is 2.29. The quantitative estimate of drug-likeness (QED) is 0.417. The Morgan fingerprint density at radius 2 is 1.66 bits per heavy atom. The van der Waals surface area contributed by atoms with Crippen LogP contribution in [0.4, 0.5) is 4.79 Å². The van der Waals surface area contributed by atoms with Gasteiger partial charge in [-0.05, 0) is 48.5 Å². The topological polar surface area (TPSA) is 129 Å². The molecule has 9 heteroatoms. The number of rotatable bonds is 10. The first-order valence-electron chi connectivity index (χ1n) is 10.2. The summed E-state index contributed by atoms with van der Waals surface area (Å²) in [7, 11) is 1.61. The van der Waals surface area contributed by atoms with Gasteiger partial charge in [0.25, 0.3) is 0 Å². The van der Waals surface area contributed by atoms with Crippen molar-refractivity contribution in [3.8, 4) is 34.1 Å². The van der Waals surface area contributed by atoms with Crippen molar-refractivity contribution >= 4 is 11.9 Å². The number of hydrogen-bond acceptors (Lipinski definition) is 6.